The Hall–Kier alpha value is -1.93. The second kappa shape index (κ2) is 7.00. The zero-order valence-corrected chi connectivity index (χ0v) is 14.4. The Bertz CT molecular complexity index is 749. The molecule has 0 unspecified atom stereocenters. The van der Waals surface area contributed by atoms with E-state index in [0.29, 0.717) is 18.0 Å². The van der Waals surface area contributed by atoms with Crippen molar-refractivity contribution >= 4 is 0 Å². The zero-order valence-electron chi connectivity index (χ0n) is 14.4. The van der Waals surface area contributed by atoms with Crippen molar-refractivity contribution in [2.75, 3.05) is 26.2 Å². The van der Waals surface area contributed by atoms with Crippen LogP contribution in [0.3, 0.4) is 0 Å². The van der Waals surface area contributed by atoms with Gasteiger partial charge in [0.2, 0.25) is 0 Å². The minimum atomic E-state index is -4.40. The summed E-state index contributed by atoms with van der Waals surface area (Å²) in [6, 6.07) is 4.84. The largest absolute Gasteiger partial charge is 0.433 e. The van der Waals surface area contributed by atoms with Crippen molar-refractivity contribution in [1.29, 1.82) is 0 Å². The number of hydrogen-bond acceptors (Lipinski definition) is 5. The summed E-state index contributed by atoms with van der Waals surface area (Å²) in [7, 11) is 0. The molecule has 8 heteroatoms. The molecule has 3 heterocycles. The first kappa shape index (κ1) is 17.5. The van der Waals surface area contributed by atoms with Gasteiger partial charge in [-0.2, -0.15) is 13.2 Å². The molecule has 1 aliphatic heterocycles. The van der Waals surface area contributed by atoms with E-state index in [2.05, 4.69) is 26.0 Å². The fourth-order valence-electron chi connectivity index (χ4n) is 3.28. The van der Waals surface area contributed by atoms with E-state index in [9.17, 15) is 13.2 Å². The topological polar surface area (TPSA) is 45.4 Å². The Morgan fingerprint density at radius 3 is 2.38 bits per heavy atom. The molecule has 26 heavy (non-hydrogen) atoms. The maximum Gasteiger partial charge on any atom is 0.433 e. The van der Waals surface area contributed by atoms with Crippen LogP contribution in [0, 0.1) is 0 Å². The Balaban J connectivity index is 1.28. The van der Waals surface area contributed by atoms with Crippen LogP contribution in [0.2, 0.25) is 0 Å². The Kier molecular flexibility index (Phi) is 4.71. The van der Waals surface area contributed by atoms with Crippen molar-refractivity contribution in [1.82, 2.24) is 19.9 Å². The van der Waals surface area contributed by atoms with E-state index >= 15 is 0 Å². The summed E-state index contributed by atoms with van der Waals surface area (Å²) >= 11 is 0. The van der Waals surface area contributed by atoms with Crippen molar-refractivity contribution in [3.63, 3.8) is 0 Å². The molecule has 0 aromatic carbocycles. The molecule has 0 bridgehead atoms. The maximum absolute atomic E-state index is 12.8. The van der Waals surface area contributed by atoms with E-state index in [1.807, 2.05) is 0 Å². The maximum atomic E-state index is 12.8. The van der Waals surface area contributed by atoms with Gasteiger partial charge in [0.15, 0.2) is 0 Å². The summed E-state index contributed by atoms with van der Waals surface area (Å²) in [5, 5.41) is 4.15. The SMILES string of the molecule is FC(F)(F)c1cc(CN2CCN(Cc3cc(C4CC4)on3)CC2)ccn1. The van der Waals surface area contributed by atoms with Crippen LogP contribution in [0.15, 0.2) is 28.9 Å². The van der Waals surface area contributed by atoms with Crippen molar-refractivity contribution in [3.8, 4) is 0 Å². The van der Waals surface area contributed by atoms with Crippen LogP contribution in [-0.4, -0.2) is 46.1 Å². The van der Waals surface area contributed by atoms with Gasteiger partial charge in [-0.05, 0) is 30.5 Å². The molecule has 0 amide bonds. The minimum absolute atomic E-state index is 0.509. The standard InChI is InChI=1S/C18H21F3N4O/c19-18(20,21)17-9-13(3-4-22-17)11-24-5-7-25(8-6-24)12-15-10-16(26-23-15)14-1-2-14/h3-4,9-10,14H,1-2,5-8,11-12H2. The highest BCUT2D eigenvalue weighted by atomic mass is 19.4. The van der Waals surface area contributed by atoms with Crippen molar-refractivity contribution in [2.45, 2.75) is 38.0 Å². The lowest BCUT2D eigenvalue weighted by atomic mass is 10.2. The Morgan fingerprint density at radius 1 is 1.04 bits per heavy atom. The lowest BCUT2D eigenvalue weighted by molar-refractivity contribution is -0.141. The first-order valence-electron chi connectivity index (χ1n) is 8.90. The van der Waals surface area contributed by atoms with Crippen LogP contribution in [0.1, 0.15) is 41.5 Å². The molecule has 2 aromatic heterocycles. The van der Waals surface area contributed by atoms with Crippen LogP contribution < -0.4 is 0 Å². The molecule has 1 aliphatic carbocycles. The summed E-state index contributed by atoms with van der Waals surface area (Å²) in [6.07, 6.45) is -0.779. The molecule has 5 nitrogen and oxygen atoms in total. The third-order valence-corrected chi connectivity index (χ3v) is 4.93. The average Bonchev–Trinajstić information content (AvgIpc) is 3.36. The van der Waals surface area contributed by atoms with Crippen LogP contribution in [0.4, 0.5) is 13.2 Å². The molecule has 0 N–H and O–H groups in total. The van der Waals surface area contributed by atoms with Gasteiger partial charge < -0.3 is 4.52 Å². The molecule has 0 atom stereocenters. The van der Waals surface area contributed by atoms with E-state index in [1.54, 1.807) is 6.07 Å². The van der Waals surface area contributed by atoms with E-state index in [0.717, 1.165) is 50.2 Å². The normalized spacial score (nSPS) is 19.8. The quantitative estimate of drug-likeness (QED) is 0.813. The molecule has 1 saturated carbocycles. The number of hydrogen-bond donors (Lipinski definition) is 0. The van der Waals surface area contributed by atoms with Gasteiger partial charge in [0.1, 0.15) is 11.5 Å². The summed E-state index contributed by atoms with van der Waals surface area (Å²) in [5.41, 5.74) is 0.779. The molecule has 4 rings (SSSR count). The summed E-state index contributed by atoms with van der Waals surface area (Å²) in [6.45, 7) is 4.63. The summed E-state index contributed by atoms with van der Waals surface area (Å²) < 4.78 is 43.7. The number of alkyl halides is 3. The fourth-order valence-corrected chi connectivity index (χ4v) is 3.28. The second-order valence-electron chi connectivity index (χ2n) is 7.09. The van der Waals surface area contributed by atoms with Gasteiger partial charge in [-0.1, -0.05) is 5.16 Å². The highest BCUT2D eigenvalue weighted by Crippen LogP contribution is 2.40. The number of rotatable bonds is 5. The van der Waals surface area contributed by atoms with E-state index < -0.39 is 11.9 Å². The Morgan fingerprint density at radius 2 is 1.73 bits per heavy atom. The molecule has 2 aliphatic rings. The second-order valence-corrected chi connectivity index (χ2v) is 7.09. The van der Waals surface area contributed by atoms with Gasteiger partial charge in [0.25, 0.3) is 0 Å². The first-order chi connectivity index (χ1) is 12.5. The predicted octanol–water partition coefficient (Wildman–Crippen LogP) is 3.28. The van der Waals surface area contributed by atoms with Gasteiger partial charge >= 0.3 is 6.18 Å². The molecule has 0 radical (unpaired) electrons. The van der Waals surface area contributed by atoms with E-state index in [4.69, 9.17) is 4.52 Å². The monoisotopic (exact) mass is 366 g/mol. The minimum Gasteiger partial charge on any atom is -0.361 e. The lowest BCUT2D eigenvalue weighted by Gasteiger charge is -2.34. The summed E-state index contributed by atoms with van der Waals surface area (Å²) in [4.78, 5) is 7.89. The van der Waals surface area contributed by atoms with Crippen LogP contribution in [-0.2, 0) is 19.3 Å². The molecule has 1 saturated heterocycles. The molecular weight excluding hydrogens is 345 g/mol. The van der Waals surface area contributed by atoms with E-state index in [-0.39, 0.29) is 0 Å². The van der Waals surface area contributed by atoms with Gasteiger partial charge in [-0.3, -0.25) is 14.8 Å². The number of halogens is 3. The van der Waals surface area contributed by atoms with Crippen molar-refractivity contribution < 1.29 is 17.7 Å². The highest BCUT2D eigenvalue weighted by Gasteiger charge is 2.32. The zero-order chi connectivity index (χ0) is 18.1. The lowest BCUT2D eigenvalue weighted by Crippen LogP contribution is -2.45. The van der Waals surface area contributed by atoms with Crippen LogP contribution in [0.5, 0.6) is 0 Å². The number of piperazine rings is 1. The number of aromatic nitrogens is 2. The third-order valence-electron chi connectivity index (χ3n) is 4.93. The number of nitrogens with zero attached hydrogens (tertiary/aromatic N) is 4. The van der Waals surface area contributed by atoms with Gasteiger partial charge in [-0.25, -0.2) is 0 Å². The van der Waals surface area contributed by atoms with Gasteiger partial charge in [-0.15, -0.1) is 0 Å². The predicted molar refractivity (Wildman–Crippen MR) is 88.3 cm³/mol. The van der Waals surface area contributed by atoms with Gasteiger partial charge in [0, 0.05) is 57.4 Å². The molecule has 2 fully saturated rings. The van der Waals surface area contributed by atoms with Gasteiger partial charge in [0.05, 0.1) is 5.69 Å². The molecule has 0 spiro atoms. The summed E-state index contributed by atoms with van der Waals surface area (Å²) in [5.74, 6) is 1.56. The van der Waals surface area contributed by atoms with Crippen molar-refractivity contribution in [2.24, 2.45) is 0 Å². The molecule has 2 aromatic rings. The first-order valence-corrected chi connectivity index (χ1v) is 8.90. The van der Waals surface area contributed by atoms with Crippen LogP contribution in [0.25, 0.3) is 0 Å². The Labute approximate surface area is 149 Å². The average molecular weight is 366 g/mol. The van der Waals surface area contributed by atoms with Crippen molar-refractivity contribution in [3.05, 3.63) is 47.1 Å². The highest BCUT2D eigenvalue weighted by molar-refractivity contribution is 5.18. The van der Waals surface area contributed by atoms with E-state index in [1.165, 1.54) is 19.0 Å². The molecular formula is C18H21F3N4O. The third kappa shape index (κ3) is 4.24. The number of pyridine rings is 1. The fraction of sp³-hybridized carbons (Fsp3) is 0.556. The smallest absolute Gasteiger partial charge is 0.361 e. The van der Waals surface area contributed by atoms with Crippen LogP contribution >= 0.6 is 0 Å². The molecule has 140 valence electrons.